The maximum Gasteiger partial charge on any atom is 0.305 e. The first kappa shape index (κ1) is 29.4. The van der Waals surface area contributed by atoms with Crippen molar-refractivity contribution in [2.45, 2.75) is 62.7 Å². The highest BCUT2D eigenvalue weighted by Gasteiger charge is 2.35. The molecule has 4 rings (SSSR count). The fourth-order valence-corrected chi connectivity index (χ4v) is 6.32. The Bertz CT molecular complexity index is 1520. The van der Waals surface area contributed by atoms with Crippen LogP contribution >= 0.6 is 0 Å². The highest BCUT2D eigenvalue weighted by Crippen LogP contribution is 2.42. The van der Waals surface area contributed by atoms with Crippen LogP contribution < -0.4 is 4.31 Å². The minimum Gasteiger partial charge on any atom is -0.481 e. The van der Waals surface area contributed by atoms with E-state index in [2.05, 4.69) is 4.98 Å². The smallest absolute Gasteiger partial charge is 0.305 e. The molecule has 0 fully saturated rings. The molecule has 0 saturated carbocycles. The number of imidazole rings is 1. The number of aliphatic carboxylic acids is 1. The number of nitrogens with zero attached hydrogens (tertiary/aromatic N) is 4. The molecule has 0 bridgehead atoms. The third-order valence-electron chi connectivity index (χ3n) is 6.69. The van der Waals surface area contributed by atoms with E-state index in [1.807, 2.05) is 13.8 Å². The topological polar surface area (TPSA) is 146 Å². The summed E-state index contributed by atoms with van der Waals surface area (Å²) in [4.78, 5) is 19.8. The second-order valence-corrected chi connectivity index (χ2v) is 12.0. The van der Waals surface area contributed by atoms with Crippen molar-refractivity contribution < 1.29 is 32.9 Å². The minimum absolute atomic E-state index is 0.0916. The van der Waals surface area contributed by atoms with Crippen LogP contribution in [0.4, 0.5) is 10.2 Å². The largest absolute Gasteiger partial charge is 0.481 e. The van der Waals surface area contributed by atoms with Crippen LogP contribution in [0.5, 0.6) is 0 Å². The third-order valence-corrected chi connectivity index (χ3v) is 8.37. The van der Waals surface area contributed by atoms with E-state index in [0.717, 1.165) is 0 Å². The molecule has 10 nitrogen and oxygen atoms in total. The summed E-state index contributed by atoms with van der Waals surface area (Å²) < 4.78 is 44.1. The zero-order valence-corrected chi connectivity index (χ0v) is 23.3. The van der Waals surface area contributed by atoms with Crippen LogP contribution in [0.15, 0.2) is 47.9 Å². The molecule has 12 heteroatoms. The Labute approximate surface area is 232 Å². The Kier molecular flexibility index (Phi) is 8.71. The van der Waals surface area contributed by atoms with Crippen molar-refractivity contribution in [2.75, 3.05) is 10.8 Å². The number of aliphatic hydroxyl groups is 2. The molecule has 214 valence electrons. The monoisotopic (exact) mass is 572 g/mol. The summed E-state index contributed by atoms with van der Waals surface area (Å²) in [5.41, 5.74) is 3.19. The zero-order valence-electron chi connectivity index (χ0n) is 22.5. The van der Waals surface area contributed by atoms with E-state index in [9.17, 15) is 27.8 Å². The highest BCUT2D eigenvalue weighted by molar-refractivity contribution is 7.92. The number of sulfonamides is 1. The lowest BCUT2D eigenvalue weighted by Crippen LogP contribution is -2.37. The van der Waals surface area contributed by atoms with Crippen LogP contribution in [0, 0.1) is 5.82 Å². The number of carboxylic acid groups (broad SMARTS) is 1. The van der Waals surface area contributed by atoms with Crippen LogP contribution in [0.3, 0.4) is 0 Å². The van der Waals surface area contributed by atoms with Gasteiger partial charge in [-0.15, -0.1) is 0 Å². The average molecular weight is 573 g/mol. The predicted molar refractivity (Wildman–Crippen MR) is 148 cm³/mol. The van der Waals surface area contributed by atoms with Crippen molar-refractivity contribution in [2.24, 2.45) is 7.05 Å². The van der Waals surface area contributed by atoms with E-state index in [1.54, 1.807) is 29.8 Å². The van der Waals surface area contributed by atoms with Crippen LogP contribution in [-0.4, -0.2) is 63.0 Å². The predicted octanol–water partition coefficient (Wildman–Crippen LogP) is 3.49. The number of fused-ring (bicyclic) bond motifs is 1. The van der Waals surface area contributed by atoms with Gasteiger partial charge in [-0.05, 0) is 42.0 Å². The molecule has 3 heterocycles. The van der Waals surface area contributed by atoms with Crippen LogP contribution in [0.2, 0.25) is 0 Å². The van der Waals surface area contributed by atoms with Gasteiger partial charge in [-0.2, -0.15) is 8.42 Å². The van der Waals surface area contributed by atoms with Gasteiger partial charge in [0.1, 0.15) is 11.6 Å². The first-order valence-electron chi connectivity index (χ1n) is 13.0. The van der Waals surface area contributed by atoms with Gasteiger partial charge in [0, 0.05) is 37.3 Å². The maximum absolute atomic E-state index is 13.9. The number of anilines is 1. The molecule has 2 aromatic heterocycles. The van der Waals surface area contributed by atoms with Crippen molar-refractivity contribution in [3.63, 3.8) is 0 Å². The first-order valence-corrected chi connectivity index (χ1v) is 14.4. The lowest BCUT2D eigenvalue weighted by molar-refractivity contribution is -0.139. The molecule has 2 atom stereocenters. The lowest BCUT2D eigenvalue weighted by Gasteiger charge is -2.32. The van der Waals surface area contributed by atoms with Crippen molar-refractivity contribution in [3.05, 3.63) is 65.5 Å². The summed E-state index contributed by atoms with van der Waals surface area (Å²) in [7, 11) is -2.33. The number of aryl methyl sites for hydroxylation is 1. The molecule has 0 amide bonds. The van der Waals surface area contributed by atoms with E-state index < -0.39 is 40.4 Å². The quantitative estimate of drug-likeness (QED) is 0.335. The molecule has 1 aliphatic heterocycles. The fraction of sp³-hybridized carbons (Fsp3) is 0.393. The van der Waals surface area contributed by atoms with E-state index >= 15 is 0 Å². The molecule has 0 aliphatic carbocycles. The third kappa shape index (κ3) is 6.24. The summed E-state index contributed by atoms with van der Waals surface area (Å²) in [6.07, 6.45) is 3.95. The molecule has 3 aromatic rings. The Morgan fingerprint density at radius 1 is 1.20 bits per heavy atom. The molecular weight excluding hydrogens is 539 g/mol. The standard InChI is InChI=1S/C28H33FN4O6S/c1-17(2)27-22(11-10-20(34)13-21(35)14-25(36)37)26(18-6-8-19(29)9-7-18)23-5-4-12-33(28(23)31-27)40(38,39)24-15-32(3)16-30-24/h6-11,15-17,20-21,34-35H,4-5,12-14H2,1-3H3,(H,36,37)/t20-,21-/m1/s1. The summed E-state index contributed by atoms with van der Waals surface area (Å²) in [6.45, 7) is 4.04. The Morgan fingerprint density at radius 2 is 1.90 bits per heavy atom. The molecule has 0 radical (unpaired) electrons. The number of halogens is 1. The number of aromatic nitrogens is 3. The zero-order chi connectivity index (χ0) is 29.2. The molecule has 0 unspecified atom stereocenters. The molecule has 1 aliphatic rings. The van der Waals surface area contributed by atoms with Gasteiger partial charge in [0.2, 0.25) is 0 Å². The van der Waals surface area contributed by atoms with Crippen molar-refractivity contribution in [1.29, 1.82) is 0 Å². The SMILES string of the molecule is CC(C)c1nc2c(c(-c3ccc(F)cc3)c1C=C[C@@H](O)C[C@@H](O)CC(=O)O)CCCN2S(=O)(=O)c1cn(C)cn1. The summed E-state index contributed by atoms with van der Waals surface area (Å²) in [5, 5.41) is 29.3. The van der Waals surface area contributed by atoms with Gasteiger partial charge in [0.15, 0.2) is 5.03 Å². The minimum atomic E-state index is -4.02. The van der Waals surface area contributed by atoms with Gasteiger partial charge < -0.3 is 19.9 Å². The number of pyridine rings is 1. The summed E-state index contributed by atoms with van der Waals surface area (Å²) in [5.74, 6) is -1.47. The van der Waals surface area contributed by atoms with Gasteiger partial charge in [-0.25, -0.2) is 18.7 Å². The van der Waals surface area contributed by atoms with E-state index in [-0.39, 0.29) is 29.7 Å². The van der Waals surface area contributed by atoms with E-state index in [1.165, 1.54) is 35.0 Å². The number of carbonyl (C=O) groups is 1. The van der Waals surface area contributed by atoms with Crippen LogP contribution in [-0.2, 0) is 28.3 Å². The molecule has 0 saturated heterocycles. The molecule has 3 N–H and O–H groups in total. The molecule has 1 aromatic carbocycles. The van der Waals surface area contributed by atoms with Gasteiger partial charge in [-0.1, -0.05) is 38.1 Å². The number of carboxylic acids is 1. The number of hydrogen-bond acceptors (Lipinski definition) is 7. The van der Waals surface area contributed by atoms with Gasteiger partial charge in [0.25, 0.3) is 10.0 Å². The Balaban J connectivity index is 1.89. The molecular formula is C28H33FN4O6S. The first-order chi connectivity index (χ1) is 18.9. The normalized spacial score (nSPS) is 15.4. The average Bonchev–Trinajstić information content (AvgIpc) is 3.33. The van der Waals surface area contributed by atoms with Crippen LogP contribution in [0.25, 0.3) is 17.2 Å². The highest BCUT2D eigenvalue weighted by atomic mass is 32.2. The maximum atomic E-state index is 13.9. The van der Waals surface area contributed by atoms with Crippen molar-refractivity contribution in [3.8, 4) is 11.1 Å². The van der Waals surface area contributed by atoms with Gasteiger partial charge in [-0.3, -0.25) is 4.79 Å². The van der Waals surface area contributed by atoms with Gasteiger partial charge >= 0.3 is 5.97 Å². The number of rotatable bonds is 10. The van der Waals surface area contributed by atoms with Crippen LogP contribution in [0.1, 0.15) is 55.8 Å². The van der Waals surface area contributed by atoms with E-state index in [0.29, 0.717) is 40.8 Å². The molecule has 40 heavy (non-hydrogen) atoms. The number of hydrogen-bond donors (Lipinski definition) is 3. The van der Waals surface area contributed by atoms with Crippen molar-refractivity contribution in [1.82, 2.24) is 14.5 Å². The Hall–Kier alpha value is -3.61. The van der Waals surface area contributed by atoms with Gasteiger partial charge in [0.05, 0.1) is 30.7 Å². The second kappa shape index (κ2) is 11.9. The lowest BCUT2D eigenvalue weighted by atomic mass is 9.87. The number of benzene rings is 1. The molecule has 0 spiro atoms. The summed E-state index contributed by atoms with van der Waals surface area (Å²) >= 11 is 0. The second-order valence-electron chi connectivity index (χ2n) is 10.2. The number of aliphatic hydroxyl groups excluding tert-OH is 2. The van der Waals surface area contributed by atoms with E-state index in [4.69, 9.17) is 10.1 Å². The fourth-order valence-electron chi connectivity index (χ4n) is 4.87. The summed E-state index contributed by atoms with van der Waals surface area (Å²) in [6, 6.07) is 5.89. The van der Waals surface area contributed by atoms with Crippen molar-refractivity contribution >= 4 is 27.9 Å². The Morgan fingerprint density at radius 3 is 2.50 bits per heavy atom.